The van der Waals surface area contributed by atoms with Crippen molar-refractivity contribution in [3.63, 3.8) is 0 Å². The number of ketones is 1. The van der Waals surface area contributed by atoms with E-state index in [-0.39, 0.29) is 18.0 Å². The molecule has 1 amide bonds. The summed E-state index contributed by atoms with van der Waals surface area (Å²) < 4.78 is 1.51. The van der Waals surface area contributed by atoms with Crippen molar-refractivity contribution in [2.45, 2.75) is 20.4 Å². The number of hydrogen-bond donors (Lipinski definition) is 1. The topological polar surface area (TPSA) is 78.0 Å². The quantitative estimate of drug-likeness (QED) is 0.857. The maximum Gasteiger partial charge on any atom is 0.269 e. The Bertz CT molecular complexity index is 613. The molecule has 2 rings (SSSR count). The Balaban J connectivity index is 2.70. The molecule has 17 heavy (non-hydrogen) atoms. The van der Waals surface area contributed by atoms with E-state index in [0.29, 0.717) is 5.39 Å². The summed E-state index contributed by atoms with van der Waals surface area (Å²) >= 11 is 0. The fourth-order valence-electron chi connectivity index (χ4n) is 1.81. The zero-order valence-corrected chi connectivity index (χ0v) is 9.73. The Labute approximate surface area is 98.2 Å². The summed E-state index contributed by atoms with van der Waals surface area (Å²) in [5.41, 5.74) is 7.25. The van der Waals surface area contributed by atoms with E-state index in [0.717, 1.165) is 11.1 Å². The first-order valence-corrected chi connectivity index (χ1v) is 5.25. The van der Waals surface area contributed by atoms with Crippen molar-refractivity contribution in [1.29, 1.82) is 0 Å². The van der Waals surface area contributed by atoms with Gasteiger partial charge in [-0.05, 0) is 26.0 Å². The van der Waals surface area contributed by atoms with Gasteiger partial charge in [0.25, 0.3) is 5.91 Å². The summed E-state index contributed by atoms with van der Waals surface area (Å²) in [5, 5.41) is 4.78. The van der Waals surface area contributed by atoms with Crippen molar-refractivity contribution in [3.05, 3.63) is 29.5 Å². The van der Waals surface area contributed by atoms with Crippen molar-refractivity contribution in [2.24, 2.45) is 5.73 Å². The fraction of sp³-hybridized carbons (Fsp3) is 0.250. The smallest absolute Gasteiger partial charge is 0.269 e. The zero-order valence-electron chi connectivity index (χ0n) is 9.73. The van der Waals surface area contributed by atoms with Gasteiger partial charge in [-0.15, -0.1) is 0 Å². The van der Waals surface area contributed by atoms with E-state index in [9.17, 15) is 9.59 Å². The molecule has 0 spiro atoms. The number of fused-ring (bicyclic) bond motifs is 1. The van der Waals surface area contributed by atoms with Gasteiger partial charge in [0.15, 0.2) is 11.5 Å². The molecule has 5 heteroatoms. The Morgan fingerprint density at radius 1 is 1.41 bits per heavy atom. The number of rotatable bonds is 3. The number of Topliss-reactive ketones (excluding diaryl/α,β-unsaturated/α-hetero) is 1. The van der Waals surface area contributed by atoms with Gasteiger partial charge in [-0.2, -0.15) is 5.10 Å². The second-order valence-corrected chi connectivity index (χ2v) is 4.09. The summed E-state index contributed by atoms with van der Waals surface area (Å²) in [4.78, 5) is 22.4. The van der Waals surface area contributed by atoms with Crippen LogP contribution in [0.4, 0.5) is 0 Å². The number of nitrogens with zero attached hydrogens (tertiary/aromatic N) is 2. The summed E-state index contributed by atoms with van der Waals surface area (Å²) in [6.07, 6.45) is 0. The van der Waals surface area contributed by atoms with Crippen LogP contribution in [-0.4, -0.2) is 21.5 Å². The van der Waals surface area contributed by atoms with E-state index >= 15 is 0 Å². The van der Waals surface area contributed by atoms with E-state index in [1.165, 1.54) is 11.6 Å². The lowest BCUT2D eigenvalue weighted by Crippen LogP contribution is -2.14. The number of aromatic nitrogens is 2. The van der Waals surface area contributed by atoms with Crippen LogP contribution >= 0.6 is 0 Å². The summed E-state index contributed by atoms with van der Waals surface area (Å²) in [5.74, 6) is -0.603. The van der Waals surface area contributed by atoms with Crippen LogP contribution in [0.1, 0.15) is 23.0 Å². The number of carbonyl (C=O) groups excluding carboxylic acids is 2. The third-order valence-electron chi connectivity index (χ3n) is 2.51. The Hall–Kier alpha value is -2.17. The van der Waals surface area contributed by atoms with E-state index in [1.54, 1.807) is 0 Å². The van der Waals surface area contributed by atoms with Gasteiger partial charge >= 0.3 is 0 Å². The monoisotopic (exact) mass is 231 g/mol. The highest BCUT2D eigenvalue weighted by Gasteiger charge is 2.15. The normalized spacial score (nSPS) is 10.7. The van der Waals surface area contributed by atoms with Gasteiger partial charge in [-0.25, -0.2) is 0 Å². The number of aryl methyl sites for hydroxylation is 1. The first-order chi connectivity index (χ1) is 7.99. The molecule has 5 nitrogen and oxygen atoms in total. The molecular formula is C12H13N3O2. The molecule has 0 unspecified atom stereocenters. The maximum absolute atomic E-state index is 11.3. The molecule has 0 saturated carbocycles. The Morgan fingerprint density at radius 3 is 2.71 bits per heavy atom. The second-order valence-electron chi connectivity index (χ2n) is 4.09. The summed E-state index contributed by atoms with van der Waals surface area (Å²) in [6.45, 7) is 3.55. The highest BCUT2D eigenvalue weighted by molar-refractivity contribution is 6.04. The van der Waals surface area contributed by atoms with Crippen molar-refractivity contribution in [2.75, 3.05) is 0 Å². The van der Waals surface area contributed by atoms with Gasteiger partial charge in [0.2, 0.25) is 0 Å². The molecule has 2 N–H and O–H groups in total. The van der Waals surface area contributed by atoms with Crippen LogP contribution in [0.5, 0.6) is 0 Å². The highest BCUT2D eigenvalue weighted by atomic mass is 16.1. The lowest BCUT2D eigenvalue weighted by Gasteiger charge is -1.99. The molecule has 0 bridgehead atoms. The van der Waals surface area contributed by atoms with E-state index in [4.69, 9.17) is 5.73 Å². The van der Waals surface area contributed by atoms with E-state index in [1.807, 2.05) is 25.1 Å². The standard InChI is InChI=1S/C12H13N3O2/c1-7-3-4-10-9(5-7)11(12(13)17)14-15(10)6-8(2)16/h3-5H,6H2,1-2H3,(H2,13,17). The first kappa shape index (κ1) is 11.3. The van der Waals surface area contributed by atoms with Crippen molar-refractivity contribution >= 4 is 22.6 Å². The number of primary amides is 1. The largest absolute Gasteiger partial charge is 0.364 e. The Morgan fingerprint density at radius 2 is 2.12 bits per heavy atom. The molecule has 0 saturated heterocycles. The maximum atomic E-state index is 11.3. The van der Waals surface area contributed by atoms with E-state index < -0.39 is 5.91 Å². The number of hydrogen-bond acceptors (Lipinski definition) is 3. The van der Waals surface area contributed by atoms with Crippen molar-refractivity contribution in [3.8, 4) is 0 Å². The third-order valence-corrected chi connectivity index (χ3v) is 2.51. The van der Waals surface area contributed by atoms with Crippen molar-refractivity contribution in [1.82, 2.24) is 9.78 Å². The highest BCUT2D eigenvalue weighted by Crippen LogP contribution is 2.20. The van der Waals surface area contributed by atoms with Gasteiger partial charge in [0.1, 0.15) is 0 Å². The van der Waals surface area contributed by atoms with Crippen LogP contribution in [0.2, 0.25) is 0 Å². The fourth-order valence-corrected chi connectivity index (χ4v) is 1.81. The molecule has 1 aromatic carbocycles. The molecule has 0 aliphatic carbocycles. The molecule has 2 aromatic rings. The third kappa shape index (κ3) is 2.04. The minimum Gasteiger partial charge on any atom is -0.364 e. The van der Waals surface area contributed by atoms with Gasteiger partial charge < -0.3 is 5.73 Å². The molecule has 0 fully saturated rings. The summed E-state index contributed by atoms with van der Waals surface area (Å²) in [6, 6.07) is 5.59. The average molecular weight is 231 g/mol. The number of benzene rings is 1. The van der Waals surface area contributed by atoms with Gasteiger partial charge in [0, 0.05) is 5.39 Å². The number of nitrogens with two attached hydrogens (primary N) is 1. The minimum absolute atomic E-state index is 0.0222. The van der Waals surface area contributed by atoms with Crippen LogP contribution in [0.25, 0.3) is 10.9 Å². The molecule has 0 aliphatic rings. The average Bonchev–Trinajstić information content (AvgIpc) is 2.55. The number of carbonyl (C=O) groups is 2. The SMILES string of the molecule is CC(=O)Cn1nc(C(N)=O)c2cc(C)ccc21. The van der Waals surface area contributed by atoms with Crippen LogP contribution in [-0.2, 0) is 11.3 Å². The van der Waals surface area contributed by atoms with Crippen LogP contribution in [0.3, 0.4) is 0 Å². The molecule has 0 aliphatic heterocycles. The van der Waals surface area contributed by atoms with Crippen molar-refractivity contribution < 1.29 is 9.59 Å². The molecule has 1 heterocycles. The summed E-state index contributed by atoms with van der Waals surface area (Å²) in [7, 11) is 0. The zero-order chi connectivity index (χ0) is 12.6. The number of amides is 1. The lowest BCUT2D eigenvalue weighted by molar-refractivity contribution is -0.117. The van der Waals surface area contributed by atoms with Gasteiger partial charge in [0.05, 0.1) is 12.1 Å². The van der Waals surface area contributed by atoms with Gasteiger partial charge in [-0.1, -0.05) is 11.6 Å². The van der Waals surface area contributed by atoms with Crippen LogP contribution < -0.4 is 5.73 Å². The molecule has 1 aromatic heterocycles. The minimum atomic E-state index is -0.581. The molecular weight excluding hydrogens is 218 g/mol. The second kappa shape index (κ2) is 4.01. The van der Waals surface area contributed by atoms with Crippen LogP contribution in [0, 0.1) is 6.92 Å². The molecule has 0 atom stereocenters. The molecule has 0 radical (unpaired) electrons. The molecule has 88 valence electrons. The predicted molar refractivity (Wildman–Crippen MR) is 63.7 cm³/mol. The van der Waals surface area contributed by atoms with Gasteiger partial charge in [-0.3, -0.25) is 14.3 Å². The first-order valence-electron chi connectivity index (χ1n) is 5.25. The predicted octanol–water partition coefficient (Wildman–Crippen LogP) is 1.03. The van der Waals surface area contributed by atoms with Crippen LogP contribution in [0.15, 0.2) is 18.2 Å². The lowest BCUT2D eigenvalue weighted by atomic mass is 10.1. The van der Waals surface area contributed by atoms with E-state index in [2.05, 4.69) is 5.10 Å². The Kier molecular flexibility index (Phi) is 2.67.